The fraction of sp³-hybridized carbons (Fsp3) is 0. The summed E-state index contributed by atoms with van der Waals surface area (Å²) in [4.78, 5) is 0. The molecule has 0 amide bonds. The molecule has 0 aromatic carbocycles. The van der Waals surface area contributed by atoms with Crippen molar-refractivity contribution in [3.63, 3.8) is 0 Å². The minimum absolute atomic E-state index is 4.08. The summed E-state index contributed by atoms with van der Waals surface area (Å²) in [5, 5.41) is 0. The van der Waals surface area contributed by atoms with E-state index in [1.54, 1.807) is 0 Å². The van der Waals surface area contributed by atoms with Crippen LogP contribution >= 0.6 is 0 Å². The molecule has 0 aliphatic carbocycles. The van der Waals surface area contributed by atoms with Gasteiger partial charge in [-0.3, -0.25) is 0 Å². The van der Waals surface area contributed by atoms with E-state index in [-0.39, 0.29) is 0 Å². The molecule has 26 valence electrons. The molecule has 0 bridgehead atoms. The zero-order valence-corrected chi connectivity index (χ0v) is 3.82. The minimum atomic E-state index is -4.08. The van der Waals surface area contributed by atoms with Crippen LogP contribution in [0, 0.1) is 0 Å². The van der Waals surface area contributed by atoms with Gasteiger partial charge in [0.15, 0.2) is 0 Å². The first-order chi connectivity index (χ1) is 1.73. The van der Waals surface area contributed by atoms with E-state index in [1.807, 2.05) is 0 Å². The van der Waals surface area contributed by atoms with Gasteiger partial charge in [-0.15, -0.1) is 0 Å². The van der Waals surface area contributed by atoms with Crippen molar-refractivity contribution < 1.29 is 11.9 Å². The van der Waals surface area contributed by atoms with Crippen molar-refractivity contribution >= 4 is 15.3 Å². The first-order valence-corrected chi connectivity index (χ1v) is 3.18. The Hall–Kier alpha value is 0.278. The molecule has 4 heavy (non-hydrogen) atoms. The molecular formula is HAsO3-2. The summed E-state index contributed by atoms with van der Waals surface area (Å²) >= 11 is -4.08. The van der Waals surface area contributed by atoms with Crippen LogP contribution in [0.1, 0.15) is 0 Å². The van der Waals surface area contributed by atoms with E-state index in [0.717, 1.165) is 0 Å². The first-order valence-electron chi connectivity index (χ1n) is 0.612. The van der Waals surface area contributed by atoms with Gasteiger partial charge in [-0.05, 0) is 0 Å². The first kappa shape index (κ1) is 4.28. The molecule has 0 radical (unpaired) electrons. The van der Waals surface area contributed by atoms with E-state index in [2.05, 4.69) is 0 Å². The third-order valence-electron chi connectivity index (χ3n) is 0. The van der Waals surface area contributed by atoms with Crippen molar-refractivity contribution in [2.24, 2.45) is 0 Å². The average Bonchev–Trinajstić information content (AvgIpc) is 0.811. The summed E-state index contributed by atoms with van der Waals surface area (Å²) in [7, 11) is 0. The van der Waals surface area contributed by atoms with E-state index in [4.69, 9.17) is 11.9 Å². The molecule has 0 aromatic heterocycles. The van der Waals surface area contributed by atoms with Gasteiger partial charge in [-0.25, -0.2) is 0 Å². The molecule has 0 aliphatic heterocycles. The molecule has 0 unspecified atom stereocenters. The third kappa shape index (κ3) is 48.0. The van der Waals surface area contributed by atoms with Crippen LogP contribution in [0.15, 0.2) is 0 Å². The van der Waals surface area contributed by atoms with Crippen LogP contribution in [0.25, 0.3) is 0 Å². The van der Waals surface area contributed by atoms with E-state index in [0.29, 0.717) is 0 Å². The van der Waals surface area contributed by atoms with E-state index >= 15 is 0 Å². The van der Waals surface area contributed by atoms with Crippen molar-refractivity contribution in [1.82, 2.24) is 0 Å². The Kier molecular flexibility index (Phi) is 1.69. The monoisotopic (exact) mass is 124 g/mol. The predicted molar refractivity (Wildman–Crippen MR) is 7.84 cm³/mol. The second-order valence-corrected chi connectivity index (χ2v) is 1.30. The fourth-order valence-electron chi connectivity index (χ4n) is 0. The van der Waals surface area contributed by atoms with Gasteiger partial charge < -0.3 is 0 Å². The van der Waals surface area contributed by atoms with Gasteiger partial charge in [0.1, 0.15) is 0 Å². The van der Waals surface area contributed by atoms with Gasteiger partial charge in [0, 0.05) is 0 Å². The molecule has 0 aromatic rings. The molecule has 0 rings (SSSR count). The normalized spacial score (nSPS) is 8.75. The summed E-state index contributed by atoms with van der Waals surface area (Å²) in [6, 6.07) is 0. The summed E-state index contributed by atoms with van der Waals surface area (Å²) in [6.07, 6.45) is 0. The number of rotatable bonds is 0. The molecule has 0 saturated heterocycles. The molecule has 0 fully saturated rings. The van der Waals surface area contributed by atoms with Crippen LogP contribution in [-0.4, -0.2) is 15.3 Å². The van der Waals surface area contributed by atoms with Crippen molar-refractivity contribution in [3.05, 3.63) is 0 Å². The van der Waals surface area contributed by atoms with Crippen LogP contribution < -0.4 is 8.19 Å². The van der Waals surface area contributed by atoms with Crippen LogP contribution in [0.3, 0.4) is 0 Å². The average molecular weight is 124 g/mol. The van der Waals surface area contributed by atoms with Gasteiger partial charge in [0.2, 0.25) is 0 Å². The molecule has 0 atom stereocenters. The zero-order valence-electron chi connectivity index (χ0n) is 1.72. The van der Waals surface area contributed by atoms with E-state index in [9.17, 15) is 0 Å². The van der Waals surface area contributed by atoms with Crippen molar-refractivity contribution in [3.8, 4) is 0 Å². The van der Waals surface area contributed by atoms with Gasteiger partial charge in [-0.2, -0.15) is 0 Å². The Bertz CT molecular complexity index is 26.3. The second kappa shape index (κ2) is 1.58. The quantitative estimate of drug-likeness (QED) is 0.320. The molecule has 4 heteroatoms. The maximum absolute atomic E-state index is 8.58. The van der Waals surface area contributed by atoms with Gasteiger partial charge in [0.25, 0.3) is 0 Å². The van der Waals surface area contributed by atoms with Gasteiger partial charge in [0.05, 0.1) is 0 Å². The number of hydrogen-bond acceptors (Lipinski definition) is 3. The fourth-order valence-corrected chi connectivity index (χ4v) is 0. The Morgan fingerprint density at radius 1 is 1.50 bits per heavy atom. The summed E-state index contributed by atoms with van der Waals surface area (Å²) in [6.45, 7) is 0. The predicted octanol–water partition coefficient (Wildman–Crippen LogP) is -3.15. The van der Waals surface area contributed by atoms with Crippen LogP contribution in [0.2, 0.25) is 0 Å². The zero-order chi connectivity index (χ0) is 3.58. The Morgan fingerprint density at radius 2 is 1.50 bits per heavy atom. The molecule has 0 N–H and O–H groups in total. The number of hydrogen-bond donors (Lipinski definition) is 0. The molecule has 0 heterocycles. The standard InChI is InChI=1S/AsH3O3/c2-1(3)4/h1H,(H2,2,3,4)/p-2. The van der Waals surface area contributed by atoms with Crippen LogP contribution in [0.4, 0.5) is 0 Å². The Morgan fingerprint density at radius 3 is 1.50 bits per heavy atom. The van der Waals surface area contributed by atoms with Crippen molar-refractivity contribution in [2.75, 3.05) is 0 Å². The van der Waals surface area contributed by atoms with Gasteiger partial charge >= 0.3 is 27.2 Å². The second-order valence-electron chi connectivity index (χ2n) is 0.250. The third-order valence-corrected chi connectivity index (χ3v) is 0. The molecule has 0 spiro atoms. The van der Waals surface area contributed by atoms with Crippen molar-refractivity contribution in [2.45, 2.75) is 0 Å². The van der Waals surface area contributed by atoms with E-state index < -0.39 is 15.3 Å². The van der Waals surface area contributed by atoms with E-state index in [1.165, 1.54) is 0 Å². The SMILES string of the molecule is O=[AsH]([O-])[O-]. The topological polar surface area (TPSA) is 63.2 Å². The Balaban J connectivity index is 2.80. The summed E-state index contributed by atoms with van der Waals surface area (Å²) in [5.74, 6) is 0. The van der Waals surface area contributed by atoms with Crippen LogP contribution in [-0.2, 0) is 3.74 Å². The van der Waals surface area contributed by atoms with Crippen LogP contribution in [0.5, 0.6) is 0 Å². The van der Waals surface area contributed by atoms with Crippen molar-refractivity contribution in [1.29, 1.82) is 0 Å². The summed E-state index contributed by atoms with van der Waals surface area (Å²) < 4.78 is 25.8. The van der Waals surface area contributed by atoms with Gasteiger partial charge in [-0.1, -0.05) is 0 Å². The Labute approximate surface area is 28.1 Å². The maximum atomic E-state index is 8.58. The molecule has 3 nitrogen and oxygen atoms in total. The molecule has 0 aliphatic rings. The molecule has 0 saturated carbocycles. The molecular weight excluding hydrogens is 123 g/mol. The summed E-state index contributed by atoms with van der Waals surface area (Å²) in [5.41, 5.74) is 0.